The Bertz CT molecular complexity index is 798. The van der Waals surface area contributed by atoms with Crippen molar-refractivity contribution in [2.45, 2.75) is 32.7 Å². The first kappa shape index (κ1) is 17.9. The van der Waals surface area contributed by atoms with Crippen LogP contribution in [0.2, 0.25) is 0 Å². The molecule has 3 rings (SSSR count). The van der Waals surface area contributed by atoms with Crippen LogP contribution in [-0.4, -0.2) is 18.9 Å². The molecule has 0 radical (unpaired) electrons. The fraction of sp³-hybridized carbons (Fsp3) is 0.286. The number of benzene rings is 2. The molecule has 2 aromatic rings. The van der Waals surface area contributed by atoms with E-state index in [0.717, 1.165) is 41.2 Å². The van der Waals surface area contributed by atoms with E-state index in [0.29, 0.717) is 0 Å². The van der Waals surface area contributed by atoms with Crippen LogP contribution in [0.3, 0.4) is 0 Å². The first-order valence-electron chi connectivity index (χ1n) is 8.93. The molecule has 0 spiro atoms. The second kappa shape index (κ2) is 8.43. The van der Waals surface area contributed by atoms with Crippen LogP contribution < -0.4 is 20.1 Å². The Morgan fingerprint density at radius 2 is 1.77 bits per heavy atom. The van der Waals surface area contributed by atoms with Crippen molar-refractivity contribution < 1.29 is 14.3 Å². The van der Waals surface area contributed by atoms with Crippen molar-refractivity contribution in [1.29, 1.82) is 0 Å². The van der Waals surface area contributed by atoms with Gasteiger partial charge in [0.05, 0.1) is 0 Å². The summed E-state index contributed by atoms with van der Waals surface area (Å²) in [5.74, 6) is 1.54. The highest BCUT2D eigenvalue weighted by molar-refractivity contribution is 5.90. The lowest BCUT2D eigenvalue weighted by molar-refractivity contribution is 0.174. The molecule has 1 heterocycles. The van der Waals surface area contributed by atoms with Gasteiger partial charge in [0.2, 0.25) is 6.79 Å². The van der Waals surface area contributed by atoms with Crippen LogP contribution in [0.15, 0.2) is 42.5 Å². The van der Waals surface area contributed by atoms with Crippen LogP contribution in [0.4, 0.5) is 10.5 Å². The summed E-state index contributed by atoms with van der Waals surface area (Å²) in [4.78, 5) is 12.1. The molecule has 0 aromatic heterocycles. The summed E-state index contributed by atoms with van der Waals surface area (Å²) < 4.78 is 10.7. The predicted molar refractivity (Wildman–Crippen MR) is 104 cm³/mol. The highest BCUT2D eigenvalue weighted by Crippen LogP contribution is 2.33. The summed E-state index contributed by atoms with van der Waals surface area (Å²) >= 11 is 0. The Kier molecular flexibility index (Phi) is 5.79. The van der Waals surface area contributed by atoms with E-state index >= 15 is 0 Å². The number of urea groups is 1. The summed E-state index contributed by atoms with van der Waals surface area (Å²) in [6.07, 6.45) is 5.84. The van der Waals surface area contributed by atoms with Crippen molar-refractivity contribution in [3.05, 3.63) is 53.6 Å². The van der Waals surface area contributed by atoms with Crippen LogP contribution in [0.1, 0.15) is 37.8 Å². The number of carbonyl (C=O) groups is 1. The average molecular weight is 352 g/mol. The molecule has 26 heavy (non-hydrogen) atoms. The number of carbonyl (C=O) groups excluding carboxylic acids is 1. The molecule has 2 N–H and O–H groups in total. The van der Waals surface area contributed by atoms with E-state index < -0.39 is 0 Å². The van der Waals surface area contributed by atoms with Gasteiger partial charge in [0.15, 0.2) is 11.5 Å². The maximum Gasteiger partial charge on any atom is 0.319 e. The first-order chi connectivity index (χ1) is 12.7. The van der Waals surface area contributed by atoms with Crippen molar-refractivity contribution in [3.8, 4) is 11.5 Å². The largest absolute Gasteiger partial charge is 0.454 e. The number of anilines is 1. The molecule has 0 unspecified atom stereocenters. The molecule has 2 amide bonds. The van der Waals surface area contributed by atoms with Gasteiger partial charge in [0.25, 0.3) is 0 Å². The van der Waals surface area contributed by atoms with Crippen LogP contribution in [0.5, 0.6) is 11.5 Å². The monoisotopic (exact) mass is 352 g/mol. The quantitative estimate of drug-likeness (QED) is 0.727. The smallest absolute Gasteiger partial charge is 0.319 e. The Labute approximate surface area is 154 Å². The lowest BCUT2D eigenvalue weighted by atomic mass is 10.1. The summed E-state index contributed by atoms with van der Waals surface area (Å²) in [6, 6.07) is 13.6. The van der Waals surface area contributed by atoms with Crippen molar-refractivity contribution >= 4 is 23.9 Å². The maximum atomic E-state index is 12.1. The predicted octanol–water partition coefficient (Wildman–Crippen LogP) is 4.90. The van der Waals surface area contributed by atoms with E-state index in [4.69, 9.17) is 9.47 Å². The van der Waals surface area contributed by atoms with Gasteiger partial charge in [-0.25, -0.2) is 4.79 Å². The highest BCUT2D eigenvalue weighted by atomic mass is 16.7. The van der Waals surface area contributed by atoms with Crippen molar-refractivity contribution in [2.24, 2.45) is 0 Å². The van der Waals surface area contributed by atoms with Gasteiger partial charge in [-0.05, 0) is 48.2 Å². The first-order valence-corrected chi connectivity index (χ1v) is 8.93. The molecule has 5 heteroatoms. The van der Waals surface area contributed by atoms with E-state index in [1.807, 2.05) is 54.6 Å². The van der Waals surface area contributed by atoms with Gasteiger partial charge in [-0.3, -0.25) is 0 Å². The minimum atomic E-state index is -0.171. The second-order valence-corrected chi connectivity index (χ2v) is 6.18. The SMILES string of the molecule is CCC(CC)NC(=O)Nc1cccc(/C=C/c2ccc3c(c2)OCO3)c1. The van der Waals surface area contributed by atoms with Gasteiger partial charge in [-0.15, -0.1) is 0 Å². The lowest BCUT2D eigenvalue weighted by Gasteiger charge is -2.15. The number of hydrogen-bond donors (Lipinski definition) is 2. The molecule has 1 aliphatic rings. The van der Waals surface area contributed by atoms with Gasteiger partial charge in [0, 0.05) is 11.7 Å². The van der Waals surface area contributed by atoms with E-state index in [2.05, 4.69) is 24.5 Å². The Balaban J connectivity index is 1.64. The zero-order valence-electron chi connectivity index (χ0n) is 15.1. The van der Waals surface area contributed by atoms with Crippen LogP contribution >= 0.6 is 0 Å². The second-order valence-electron chi connectivity index (χ2n) is 6.18. The molecular formula is C21H24N2O3. The van der Waals surface area contributed by atoms with Gasteiger partial charge >= 0.3 is 6.03 Å². The van der Waals surface area contributed by atoms with Gasteiger partial charge in [0.1, 0.15) is 0 Å². The van der Waals surface area contributed by atoms with E-state index in [-0.39, 0.29) is 18.9 Å². The number of hydrogen-bond acceptors (Lipinski definition) is 3. The molecular weight excluding hydrogens is 328 g/mol. The third kappa shape index (κ3) is 4.57. The molecule has 136 valence electrons. The third-order valence-electron chi connectivity index (χ3n) is 4.33. The molecule has 2 aromatic carbocycles. The number of nitrogens with one attached hydrogen (secondary N) is 2. The van der Waals surface area contributed by atoms with Crippen molar-refractivity contribution in [3.63, 3.8) is 0 Å². The zero-order valence-corrected chi connectivity index (χ0v) is 15.1. The van der Waals surface area contributed by atoms with Crippen LogP contribution in [0.25, 0.3) is 12.2 Å². The van der Waals surface area contributed by atoms with Gasteiger partial charge in [-0.1, -0.05) is 44.2 Å². The number of ether oxygens (including phenoxy) is 2. The molecule has 1 aliphatic heterocycles. The number of rotatable bonds is 6. The fourth-order valence-corrected chi connectivity index (χ4v) is 2.77. The lowest BCUT2D eigenvalue weighted by Crippen LogP contribution is -2.37. The minimum absolute atomic E-state index is 0.171. The zero-order chi connectivity index (χ0) is 18.4. The standard InChI is InChI=1S/C21H24N2O3/c1-3-17(4-2)22-21(24)23-18-7-5-6-15(12-18)8-9-16-10-11-19-20(13-16)26-14-25-19/h5-13,17H,3-4,14H2,1-2H3,(H2,22,23,24)/b9-8+. The molecule has 0 saturated heterocycles. The summed E-state index contributed by atoms with van der Waals surface area (Å²) in [7, 11) is 0. The molecule has 0 atom stereocenters. The Morgan fingerprint density at radius 3 is 2.54 bits per heavy atom. The van der Waals surface area contributed by atoms with Gasteiger partial charge < -0.3 is 20.1 Å². The average Bonchev–Trinajstić information content (AvgIpc) is 3.12. The Morgan fingerprint density at radius 1 is 1.04 bits per heavy atom. The topological polar surface area (TPSA) is 59.6 Å². The summed E-state index contributed by atoms with van der Waals surface area (Å²) in [5, 5.41) is 5.87. The highest BCUT2D eigenvalue weighted by Gasteiger charge is 2.12. The number of amides is 2. The van der Waals surface area contributed by atoms with Crippen molar-refractivity contribution in [1.82, 2.24) is 5.32 Å². The van der Waals surface area contributed by atoms with Crippen molar-refractivity contribution in [2.75, 3.05) is 12.1 Å². The van der Waals surface area contributed by atoms with Crippen LogP contribution in [-0.2, 0) is 0 Å². The van der Waals surface area contributed by atoms with E-state index in [1.165, 1.54) is 0 Å². The summed E-state index contributed by atoms with van der Waals surface area (Å²) in [5.41, 5.74) is 2.79. The molecule has 0 aliphatic carbocycles. The third-order valence-corrected chi connectivity index (χ3v) is 4.33. The van der Waals surface area contributed by atoms with E-state index in [9.17, 15) is 4.79 Å². The molecule has 5 nitrogen and oxygen atoms in total. The van der Waals surface area contributed by atoms with Gasteiger partial charge in [-0.2, -0.15) is 0 Å². The molecule has 0 saturated carbocycles. The molecule has 0 bridgehead atoms. The number of fused-ring (bicyclic) bond motifs is 1. The Hall–Kier alpha value is -2.95. The normalized spacial score (nSPS) is 12.6. The minimum Gasteiger partial charge on any atom is -0.454 e. The molecule has 0 fully saturated rings. The van der Waals surface area contributed by atoms with Crippen LogP contribution in [0, 0.1) is 0 Å². The van der Waals surface area contributed by atoms with E-state index in [1.54, 1.807) is 0 Å². The maximum absolute atomic E-state index is 12.1. The fourth-order valence-electron chi connectivity index (χ4n) is 2.77. The summed E-state index contributed by atoms with van der Waals surface area (Å²) in [6.45, 7) is 4.40.